The fourth-order valence-electron chi connectivity index (χ4n) is 1.27. The Morgan fingerprint density at radius 1 is 1.47 bits per heavy atom. The van der Waals surface area contributed by atoms with Gasteiger partial charge in [0.1, 0.15) is 11.1 Å². The normalized spacial score (nSPS) is 12.6. The number of Topliss-reactive ketones (excluding diaryl/α,β-unsaturated/α-hetero) is 1. The molecule has 94 valence electrons. The molecule has 1 rings (SSSR count). The molecule has 0 saturated carbocycles. The van der Waals surface area contributed by atoms with Gasteiger partial charge in [-0.3, -0.25) is 4.79 Å². The summed E-state index contributed by atoms with van der Waals surface area (Å²) in [5.74, 6) is -0.205. The van der Waals surface area contributed by atoms with Crippen LogP contribution in [0.3, 0.4) is 0 Å². The maximum absolute atomic E-state index is 12.2. The summed E-state index contributed by atoms with van der Waals surface area (Å²) >= 11 is 7.13. The van der Waals surface area contributed by atoms with Gasteiger partial charge in [-0.2, -0.15) is 8.78 Å². The molecule has 0 amide bonds. The summed E-state index contributed by atoms with van der Waals surface area (Å²) in [6, 6.07) is 4.61. The summed E-state index contributed by atoms with van der Waals surface area (Å²) in [4.78, 5) is 11.7. The SMILES string of the molecule is CSc1ccc(C(Cl)C(C)=O)cc1OC(F)F. The molecule has 0 aliphatic heterocycles. The van der Waals surface area contributed by atoms with Crippen LogP contribution in [0.1, 0.15) is 17.9 Å². The Morgan fingerprint density at radius 2 is 2.12 bits per heavy atom. The molecule has 1 aromatic rings. The average molecular weight is 281 g/mol. The molecule has 1 atom stereocenters. The van der Waals surface area contributed by atoms with E-state index in [0.29, 0.717) is 10.5 Å². The number of hydrogen-bond donors (Lipinski definition) is 0. The highest BCUT2D eigenvalue weighted by Crippen LogP contribution is 2.33. The lowest BCUT2D eigenvalue weighted by Gasteiger charge is -2.12. The first kappa shape index (κ1) is 14.3. The molecule has 2 nitrogen and oxygen atoms in total. The van der Waals surface area contributed by atoms with Crippen molar-refractivity contribution in [1.82, 2.24) is 0 Å². The standard InChI is InChI=1S/C11H11ClF2O2S/c1-6(15)10(12)7-3-4-9(17-2)8(5-7)16-11(13)14/h3-5,10-11H,1-2H3. The summed E-state index contributed by atoms with van der Waals surface area (Å²) in [5.41, 5.74) is 0.451. The summed E-state index contributed by atoms with van der Waals surface area (Å²) in [7, 11) is 0. The van der Waals surface area contributed by atoms with Gasteiger partial charge in [0.05, 0.1) is 0 Å². The Kier molecular flexibility index (Phi) is 5.21. The fourth-order valence-corrected chi connectivity index (χ4v) is 1.92. The zero-order valence-corrected chi connectivity index (χ0v) is 10.8. The summed E-state index contributed by atoms with van der Waals surface area (Å²) in [6.07, 6.45) is 1.75. The lowest BCUT2D eigenvalue weighted by Crippen LogP contribution is -2.06. The number of ketones is 1. The van der Waals surface area contributed by atoms with E-state index < -0.39 is 12.0 Å². The van der Waals surface area contributed by atoms with Gasteiger partial charge in [0.25, 0.3) is 0 Å². The van der Waals surface area contributed by atoms with Crippen molar-refractivity contribution in [2.45, 2.75) is 23.8 Å². The van der Waals surface area contributed by atoms with Crippen molar-refractivity contribution in [2.24, 2.45) is 0 Å². The van der Waals surface area contributed by atoms with Crippen molar-refractivity contribution in [2.75, 3.05) is 6.26 Å². The molecule has 17 heavy (non-hydrogen) atoms. The molecule has 6 heteroatoms. The summed E-state index contributed by atoms with van der Waals surface area (Å²) in [5, 5.41) is -0.842. The van der Waals surface area contributed by atoms with Crippen LogP contribution in [-0.4, -0.2) is 18.7 Å². The zero-order chi connectivity index (χ0) is 13.0. The highest BCUT2D eigenvalue weighted by atomic mass is 35.5. The van der Waals surface area contributed by atoms with Gasteiger partial charge in [0.15, 0.2) is 5.78 Å². The summed E-state index contributed by atoms with van der Waals surface area (Å²) < 4.78 is 28.8. The van der Waals surface area contributed by atoms with E-state index in [2.05, 4.69) is 4.74 Å². The maximum Gasteiger partial charge on any atom is 0.387 e. The molecule has 1 unspecified atom stereocenters. The third-order valence-corrected chi connectivity index (χ3v) is 3.39. The Bertz CT molecular complexity index is 412. The van der Waals surface area contributed by atoms with Crippen LogP contribution in [0.2, 0.25) is 0 Å². The van der Waals surface area contributed by atoms with Crippen LogP contribution >= 0.6 is 23.4 Å². The number of carbonyl (C=O) groups excluding carboxylic acids is 1. The molecule has 0 heterocycles. The van der Waals surface area contributed by atoms with E-state index >= 15 is 0 Å². The van der Waals surface area contributed by atoms with Crippen molar-refractivity contribution in [3.05, 3.63) is 23.8 Å². The second-order valence-corrected chi connectivity index (χ2v) is 4.55. The molecule has 0 aliphatic carbocycles. The predicted molar refractivity (Wildman–Crippen MR) is 64.1 cm³/mol. The minimum atomic E-state index is -2.90. The van der Waals surface area contributed by atoms with Gasteiger partial charge < -0.3 is 4.74 Å². The van der Waals surface area contributed by atoms with Crippen molar-refractivity contribution in [3.8, 4) is 5.75 Å². The number of alkyl halides is 3. The van der Waals surface area contributed by atoms with E-state index in [9.17, 15) is 13.6 Å². The molecule has 0 radical (unpaired) electrons. The van der Waals surface area contributed by atoms with Crippen molar-refractivity contribution >= 4 is 29.1 Å². The fraction of sp³-hybridized carbons (Fsp3) is 0.364. The first-order chi connectivity index (χ1) is 7.95. The number of benzene rings is 1. The van der Waals surface area contributed by atoms with Crippen LogP contribution in [0.4, 0.5) is 8.78 Å². The van der Waals surface area contributed by atoms with Gasteiger partial charge in [0.2, 0.25) is 0 Å². The van der Waals surface area contributed by atoms with Gasteiger partial charge in [-0.05, 0) is 30.9 Å². The minimum Gasteiger partial charge on any atom is -0.434 e. The van der Waals surface area contributed by atoms with Crippen LogP contribution < -0.4 is 4.74 Å². The Labute approximate surface area is 107 Å². The van der Waals surface area contributed by atoms with Crippen molar-refractivity contribution in [3.63, 3.8) is 0 Å². The predicted octanol–water partition coefficient (Wildman–Crippen LogP) is 3.88. The van der Waals surface area contributed by atoms with Crippen molar-refractivity contribution < 1.29 is 18.3 Å². The number of halogens is 3. The second-order valence-electron chi connectivity index (χ2n) is 3.26. The van der Waals surface area contributed by atoms with Gasteiger partial charge in [0, 0.05) is 4.90 Å². The van der Waals surface area contributed by atoms with Crippen LogP contribution in [0.15, 0.2) is 23.1 Å². The Hall–Kier alpha value is -0.810. The Morgan fingerprint density at radius 3 is 2.59 bits per heavy atom. The maximum atomic E-state index is 12.2. The van der Waals surface area contributed by atoms with E-state index in [4.69, 9.17) is 11.6 Å². The van der Waals surface area contributed by atoms with Crippen LogP contribution in [0.5, 0.6) is 5.75 Å². The molecule has 1 aromatic carbocycles. The van der Waals surface area contributed by atoms with Gasteiger partial charge in [-0.1, -0.05) is 6.07 Å². The first-order valence-corrected chi connectivity index (χ1v) is 6.39. The molecular formula is C11H11ClF2O2S. The quantitative estimate of drug-likeness (QED) is 0.605. The molecule has 0 fully saturated rings. The van der Waals surface area contributed by atoms with E-state index in [1.165, 1.54) is 24.8 Å². The van der Waals surface area contributed by atoms with Crippen LogP contribution in [0.25, 0.3) is 0 Å². The van der Waals surface area contributed by atoms with Gasteiger partial charge in [-0.25, -0.2) is 0 Å². The van der Waals surface area contributed by atoms with Crippen LogP contribution in [0, 0.1) is 0 Å². The zero-order valence-electron chi connectivity index (χ0n) is 9.25. The van der Waals surface area contributed by atoms with E-state index in [1.54, 1.807) is 18.4 Å². The molecule has 0 N–H and O–H groups in total. The number of thioether (sulfide) groups is 1. The first-order valence-electron chi connectivity index (χ1n) is 4.73. The topological polar surface area (TPSA) is 26.3 Å². The highest BCUT2D eigenvalue weighted by molar-refractivity contribution is 7.98. The number of rotatable bonds is 5. The molecule has 0 bridgehead atoms. The van der Waals surface area contributed by atoms with E-state index in [0.717, 1.165) is 0 Å². The number of carbonyl (C=O) groups is 1. The molecule has 0 aromatic heterocycles. The highest BCUT2D eigenvalue weighted by Gasteiger charge is 2.17. The van der Waals surface area contributed by atoms with Gasteiger partial charge in [-0.15, -0.1) is 23.4 Å². The molecular weight excluding hydrogens is 270 g/mol. The lowest BCUT2D eigenvalue weighted by molar-refractivity contribution is -0.116. The van der Waals surface area contributed by atoms with E-state index in [-0.39, 0.29) is 11.5 Å². The molecule has 0 aliphatic rings. The third-order valence-electron chi connectivity index (χ3n) is 2.05. The largest absolute Gasteiger partial charge is 0.434 e. The van der Waals surface area contributed by atoms with E-state index in [1.807, 2.05) is 0 Å². The number of hydrogen-bond acceptors (Lipinski definition) is 3. The lowest BCUT2D eigenvalue weighted by atomic mass is 10.1. The van der Waals surface area contributed by atoms with Crippen LogP contribution in [-0.2, 0) is 4.79 Å². The summed E-state index contributed by atoms with van der Waals surface area (Å²) in [6.45, 7) is -1.56. The number of ether oxygens (including phenoxy) is 1. The van der Waals surface area contributed by atoms with Crippen molar-refractivity contribution in [1.29, 1.82) is 0 Å². The third kappa shape index (κ3) is 3.85. The smallest absolute Gasteiger partial charge is 0.387 e. The van der Waals surface area contributed by atoms with Gasteiger partial charge >= 0.3 is 6.61 Å². The second kappa shape index (κ2) is 6.21. The monoisotopic (exact) mass is 280 g/mol. The average Bonchev–Trinajstić information content (AvgIpc) is 2.27. The molecule has 0 spiro atoms. The Balaban J connectivity index is 3.08. The molecule has 0 saturated heterocycles. The minimum absolute atomic E-state index is 0.0388.